The molecule has 0 aromatic rings. The first-order chi connectivity index (χ1) is 29.7. The number of amides is 2. The molecule has 0 aliphatic carbocycles. The Morgan fingerprint density at radius 1 is 0.500 bits per heavy atom. The number of rotatable bonds is 35. The van der Waals surface area contributed by atoms with E-state index in [0.29, 0.717) is 125 Å². The van der Waals surface area contributed by atoms with E-state index in [4.69, 9.17) is 42.6 Å². The van der Waals surface area contributed by atoms with E-state index in [1.165, 1.54) is 116 Å². The summed E-state index contributed by atoms with van der Waals surface area (Å²) in [6.07, 6.45) is 27.1. The van der Waals surface area contributed by atoms with Crippen LogP contribution in [0.2, 0.25) is 0 Å². The average molecular weight is 861 g/mol. The largest absolute Gasteiger partial charge is 0.441 e. The van der Waals surface area contributed by atoms with Crippen LogP contribution in [0.15, 0.2) is 0 Å². The lowest BCUT2D eigenvalue weighted by molar-refractivity contribution is -0.122. The van der Waals surface area contributed by atoms with Crippen molar-refractivity contribution in [2.24, 2.45) is 0 Å². The third-order valence-corrected chi connectivity index (χ3v) is 10.4. The topological polar surface area (TPSA) is 141 Å². The molecule has 0 radical (unpaired) electrons. The molecule has 1 saturated heterocycles. The number of unbranched alkanes of at least 4 members (excludes halogenated alkanes) is 20. The zero-order valence-electron chi connectivity index (χ0n) is 38.6. The molecule has 0 bridgehead atoms. The molecule has 1 fully saturated rings. The minimum Gasteiger partial charge on any atom is -0.441 e. The van der Waals surface area contributed by atoms with Crippen LogP contribution in [-0.4, -0.2) is 136 Å². The second-order valence-corrected chi connectivity index (χ2v) is 16.1. The van der Waals surface area contributed by atoms with Gasteiger partial charge in [0, 0.05) is 32.7 Å². The van der Waals surface area contributed by atoms with Crippen molar-refractivity contribution in [3.8, 4) is 0 Å². The number of alkyl carbamates (subject to hydrolysis) is 1. The van der Waals surface area contributed by atoms with Crippen LogP contribution in [0.25, 0.3) is 0 Å². The lowest BCUT2D eigenvalue weighted by atomic mass is 10.1. The fourth-order valence-electron chi connectivity index (χ4n) is 6.75. The predicted molar refractivity (Wildman–Crippen MR) is 239 cm³/mol. The maximum Gasteiger partial charge on any atom is 0.407 e. The average Bonchev–Trinajstić information content (AvgIpc) is 3.25. The van der Waals surface area contributed by atoms with E-state index in [1.54, 1.807) is 0 Å². The predicted octanol–water partition coefficient (Wildman–Crippen LogP) is 9.11. The summed E-state index contributed by atoms with van der Waals surface area (Å²) >= 11 is 0. The van der Waals surface area contributed by atoms with Gasteiger partial charge in [-0.15, -0.1) is 0 Å². The molecule has 0 saturated carbocycles. The monoisotopic (exact) mass is 861 g/mol. The van der Waals surface area contributed by atoms with Gasteiger partial charge in [0.1, 0.15) is 0 Å². The highest BCUT2D eigenvalue weighted by Gasteiger charge is 2.16. The van der Waals surface area contributed by atoms with Crippen LogP contribution in [0.1, 0.15) is 168 Å². The molecule has 1 unspecified atom stereocenters. The molecule has 0 aromatic carbocycles. The first kappa shape index (κ1) is 56.4. The van der Waals surface area contributed by atoms with E-state index < -0.39 is 12.2 Å². The van der Waals surface area contributed by atoms with Gasteiger partial charge in [0.05, 0.1) is 92.0 Å². The minimum absolute atomic E-state index is 0.0411. The maximum absolute atomic E-state index is 12.7. The summed E-state index contributed by atoms with van der Waals surface area (Å²) in [6, 6.07) is 0. The lowest BCUT2D eigenvalue weighted by Gasteiger charge is -2.19. The molecule has 13 heteroatoms. The number of carbonyl (C=O) groups excluding carboxylic acids is 2. The van der Waals surface area contributed by atoms with E-state index in [1.807, 2.05) is 0 Å². The van der Waals surface area contributed by atoms with Crippen LogP contribution in [0.4, 0.5) is 4.79 Å². The summed E-state index contributed by atoms with van der Waals surface area (Å²) in [5.41, 5.74) is 0. The number of ether oxygens (including phenoxy) is 9. The zero-order valence-corrected chi connectivity index (χ0v) is 38.6. The van der Waals surface area contributed by atoms with Gasteiger partial charge in [-0.05, 0) is 25.7 Å². The van der Waals surface area contributed by atoms with E-state index in [0.717, 1.165) is 25.7 Å². The fraction of sp³-hybridized carbons (Fsp3) is 0.957. The third kappa shape index (κ3) is 41.8. The summed E-state index contributed by atoms with van der Waals surface area (Å²) in [5, 5.41) is 5.85. The van der Waals surface area contributed by atoms with Gasteiger partial charge in [-0.3, -0.25) is 4.79 Å². The quantitative estimate of drug-likeness (QED) is 0.0590. The second kappa shape index (κ2) is 46.9. The molecule has 2 N–H and O–H groups in total. The Labute approximate surface area is 366 Å². The molecule has 1 rings (SSSR count). The van der Waals surface area contributed by atoms with Gasteiger partial charge in [0.2, 0.25) is 5.91 Å². The van der Waals surface area contributed by atoms with Crippen LogP contribution >= 0.6 is 0 Å². The maximum atomic E-state index is 12.7. The van der Waals surface area contributed by atoms with Gasteiger partial charge in [0.15, 0.2) is 6.10 Å². The van der Waals surface area contributed by atoms with Gasteiger partial charge in [-0.25, -0.2) is 4.79 Å². The van der Waals surface area contributed by atoms with Gasteiger partial charge < -0.3 is 53.3 Å². The highest BCUT2D eigenvalue weighted by atomic mass is 16.6. The van der Waals surface area contributed by atoms with Crippen molar-refractivity contribution in [1.82, 2.24) is 10.6 Å². The lowest BCUT2D eigenvalue weighted by Crippen LogP contribution is -2.37. The number of hydrogen-bond acceptors (Lipinski definition) is 11. The normalized spacial score (nSPS) is 16.6. The Balaban J connectivity index is 2.29. The number of carbonyl (C=O) groups is 2. The van der Waals surface area contributed by atoms with Crippen LogP contribution in [0.3, 0.4) is 0 Å². The molecule has 2 amide bonds. The van der Waals surface area contributed by atoms with E-state index in [2.05, 4.69) is 24.5 Å². The molecule has 60 heavy (non-hydrogen) atoms. The molecule has 0 spiro atoms. The first-order valence-corrected chi connectivity index (χ1v) is 24.5. The van der Waals surface area contributed by atoms with Crippen molar-refractivity contribution < 1.29 is 52.2 Å². The summed E-state index contributed by atoms with van der Waals surface area (Å²) in [5.74, 6) is -0.0411. The van der Waals surface area contributed by atoms with E-state index >= 15 is 0 Å². The Morgan fingerprint density at radius 3 is 1.40 bits per heavy atom. The molecule has 13 nitrogen and oxygen atoms in total. The Morgan fingerprint density at radius 2 is 0.917 bits per heavy atom. The second-order valence-electron chi connectivity index (χ2n) is 16.1. The van der Waals surface area contributed by atoms with E-state index in [-0.39, 0.29) is 12.0 Å². The first-order valence-electron chi connectivity index (χ1n) is 24.5. The van der Waals surface area contributed by atoms with Crippen LogP contribution in [-0.2, 0) is 47.4 Å². The number of hydrogen-bond donors (Lipinski definition) is 2. The van der Waals surface area contributed by atoms with Crippen LogP contribution < -0.4 is 10.6 Å². The molecule has 0 aromatic heterocycles. The van der Waals surface area contributed by atoms with Gasteiger partial charge in [-0.1, -0.05) is 136 Å². The molecule has 1 aliphatic heterocycles. The van der Waals surface area contributed by atoms with Gasteiger partial charge >= 0.3 is 6.09 Å². The Kier molecular flexibility index (Phi) is 44.1. The van der Waals surface area contributed by atoms with Crippen LogP contribution in [0, 0.1) is 0 Å². The zero-order chi connectivity index (χ0) is 43.1. The summed E-state index contributed by atoms with van der Waals surface area (Å²) in [6.45, 7) is 12.4. The molecular weight excluding hydrogens is 769 g/mol. The van der Waals surface area contributed by atoms with Crippen molar-refractivity contribution >= 4 is 12.0 Å². The molecule has 1 heterocycles. The van der Waals surface area contributed by atoms with Crippen LogP contribution in [0.5, 0.6) is 0 Å². The Hall–Kier alpha value is -1.58. The highest BCUT2D eigenvalue weighted by Crippen LogP contribution is 2.12. The van der Waals surface area contributed by atoms with Crippen molar-refractivity contribution in [2.45, 2.75) is 180 Å². The third-order valence-electron chi connectivity index (χ3n) is 10.4. The number of nitrogens with one attached hydrogen (secondary N) is 2. The molecular formula is C47H92N2O11. The van der Waals surface area contributed by atoms with Gasteiger partial charge in [0.25, 0.3) is 0 Å². The Bertz CT molecular complexity index is 857. The van der Waals surface area contributed by atoms with Crippen molar-refractivity contribution in [3.05, 3.63) is 0 Å². The van der Waals surface area contributed by atoms with Crippen molar-refractivity contribution in [2.75, 3.05) is 112 Å². The van der Waals surface area contributed by atoms with E-state index in [9.17, 15) is 9.59 Å². The van der Waals surface area contributed by atoms with Gasteiger partial charge in [-0.2, -0.15) is 0 Å². The van der Waals surface area contributed by atoms with Crippen molar-refractivity contribution in [3.63, 3.8) is 0 Å². The standard InChI is InChI=1S/C47H92N2O11/c1-3-5-7-9-11-13-15-17-19-24-28-56-42-45(43-57-29-25-20-18-16-14-12-10-8-6-4-2)60-47(51)48-27-23-21-22-26-46(50)49-40-44-41-58-37-36-54-33-32-52-30-31-53-34-35-55-38-39-59-44/h44-45H,3-43H2,1-2H3,(H,48,51)(H,49,50). The van der Waals surface area contributed by atoms with Crippen molar-refractivity contribution in [1.29, 1.82) is 0 Å². The molecule has 1 aliphatic rings. The smallest absolute Gasteiger partial charge is 0.407 e. The molecule has 1 atom stereocenters. The summed E-state index contributed by atoms with van der Waals surface area (Å²) in [4.78, 5) is 25.3. The molecule has 356 valence electrons. The summed E-state index contributed by atoms with van der Waals surface area (Å²) < 4.78 is 51.4. The minimum atomic E-state index is -0.454. The summed E-state index contributed by atoms with van der Waals surface area (Å²) in [7, 11) is 0. The fourth-order valence-corrected chi connectivity index (χ4v) is 6.75. The highest BCUT2D eigenvalue weighted by molar-refractivity contribution is 5.75. The SMILES string of the molecule is CCCCCCCCCCCCOCC(COCCCCCCCCCCCC)OC(=O)NCCCCCC(=O)NCC1COCCOCCOCCOCCOCCO1.